The van der Waals surface area contributed by atoms with Crippen LogP contribution in [0.1, 0.15) is 6.42 Å². The van der Waals surface area contributed by atoms with Crippen LogP contribution in [-0.4, -0.2) is 29.0 Å². The molecule has 0 radical (unpaired) electrons. The van der Waals surface area contributed by atoms with E-state index in [1.807, 2.05) is 4.90 Å². The van der Waals surface area contributed by atoms with Crippen LogP contribution in [0, 0.1) is 5.92 Å². The number of carbonyl (C=O) groups is 1. The lowest BCUT2D eigenvalue weighted by atomic mass is 10.1. The molecule has 1 atom stereocenters. The number of nitrogens with two attached hydrogens (primary N) is 1. The smallest absolute Gasteiger partial charge is 0.224 e. The Morgan fingerprint density at radius 3 is 3.06 bits per heavy atom. The monoisotopic (exact) mass is 304 g/mol. The van der Waals surface area contributed by atoms with Gasteiger partial charge in [0, 0.05) is 19.3 Å². The maximum Gasteiger partial charge on any atom is 0.224 e. The number of hydrogen-bond donors (Lipinski definition) is 1. The number of hydrogen-bond acceptors (Lipinski definition) is 4. The molecule has 1 aliphatic rings. The highest BCUT2D eigenvalue weighted by atomic mass is 79.9. The number of nitrogens with zero attached hydrogens (tertiary/aromatic N) is 3. The van der Waals surface area contributed by atoms with Crippen LogP contribution >= 0.6 is 27.5 Å². The van der Waals surface area contributed by atoms with Crippen molar-refractivity contribution in [2.75, 3.05) is 18.0 Å². The van der Waals surface area contributed by atoms with E-state index in [2.05, 4.69) is 25.9 Å². The lowest BCUT2D eigenvalue weighted by Crippen LogP contribution is -2.27. The van der Waals surface area contributed by atoms with Gasteiger partial charge in [-0.3, -0.25) is 4.79 Å². The third kappa shape index (κ3) is 2.27. The summed E-state index contributed by atoms with van der Waals surface area (Å²) in [5.41, 5.74) is 5.27. The van der Waals surface area contributed by atoms with Crippen molar-refractivity contribution in [3.8, 4) is 0 Å². The topological polar surface area (TPSA) is 72.1 Å². The van der Waals surface area contributed by atoms with Gasteiger partial charge in [-0.15, -0.1) is 0 Å². The number of aromatic nitrogens is 2. The molecule has 5 nitrogen and oxygen atoms in total. The van der Waals surface area contributed by atoms with Gasteiger partial charge in [0.15, 0.2) is 0 Å². The standard InChI is InChI=1S/C9H10BrClN4O/c10-6-3-13-9(11)14-8(6)15-2-1-5(4-15)7(12)16/h3,5H,1-2,4H2,(H2,12,16). The number of halogens is 2. The minimum absolute atomic E-state index is 0.111. The van der Waals surface area contributed by atoms with Crippen molar-refractivity contribution in [2.45, 2.75) is 6.42 Å². The Bertz CT molecular complexity index is 428. The van der Waals surface area contributed by atoms with Gasteiger partial charge in [-0.2, -0.15) is 4.98 Å². The summed E-state index contributed by atoms with van der Waals surface area (Å²) in [6, 6.07) is 0. The van der Waals surface area contributed by atoms with E-state index in [0.717, 1.165) is 17.4 Å². The second kappa shape index (κ2) is 4.55. The molecule has 86 valence electrons. The van der Waals surface area contributed by atoms with E-state index in [1.54, 1.807) is 6.20 Å². The fraction of sp³-hybridized carbons (Fsp3) is 0.444. The first kappa shape index (κ1) is 11.6. The van der Waals surface area contributed by atoms with Gasteiger partial charge >= 0.3 is 0 Å². The Morgan fingerprint density at radius 2 is 2.44 bits per heavy atom. The molecule has 0 aliphatic carbocycles. The van der Waals surface area contributed by atoms with Gasteiger partial charge in [0.1, 0.15) is 5.82 Å². The van der Waals surface area contributed by atoms with Gasteiger partial charge < -0.3 is 10.6 Å². The Hall–Kier alpha value is -0.880. The number of amides is 1. The highest BCUT2D eigenvalue weighted by Gasteiger charge is 2.28. The van der Waals surface area contributed by atoms with E-state index < -0.39 is 0 Å². The van der Waals surface area contributed by atoms with Crippen LogP contribution in [0.2, 0.25) is 5.28 Å². The summed E-state index contributed by atoms with van der Waals surface area (Å²) >= 11 is 9.09. The maximum atomic E-state index is 11.1. The van der Waals surface area contributed by atoms with Crippen LogP contribution in [-0.2, 0) is 4.79 Å². The normalized spacial score (nSPS) is 20.1. The van der Waals surface area contributed by atoms with Crippen molar-refractivity contribution < 1.29 is 4.79 Å². The third-order valence-electron chi connectivity index (χ3n) is 2.59. The molecule has 2 heterocycles. The van der Waals surface area contributed by atoms with Crippen molar-refractivity contribution in [2.24, 2.45) is 11.7 Å². The van der Waals surface area contributed by atoms with E-state index in [4.69, 9.17) is 17.3 Å². The quantitative estimate of drug-likeness (QED) is 0.834. The molecule has 1 aliphatic heterocycles. The second-order valence-corrected chi connectivity index (χ2v) is 4.84. The fourth-order valence-corrected chi connectivity index (χ4v) is 2.31. The Balaban J connectivity index is 2.20. The highest BCUT2D eigenvalue weighted by molar-refractivity contribution is 9.10. The molecule has 1 aromatic heterocycles. The largest absolute Gasteiger partial charge is 0.369 e. The molecular weight excluding hydrogens is 295 g/mol. The first-order valence-corrected chi connectivity index (χ1v) is 5.97. The van der Waals surface area contributed by atoms with E-state index in [1.165, 1.54) is 0 Å². The SMILES string of the molecule is NC(=O)C1CCN(c2nc(Cl)ncc2Br)C1. The molecular formula is C9H10BrClN4O. The average Bonchev–Trinajstić information content (AvgIpc) is 2.70. The van der Waals surface area contributed by atoms with Crippen LogP contribution in [0.25, 0.3) is 0 Å². The predicted molar refractivity (Wildman–Crippen MR) is 64.3 cm³/mol. The van der Waals surface area contributed by atoms with E-state index >= 15 is 0 Å². The fourth-order valence-electron chi connectivity index (χ4n) is 1.74. The van der Waals surface area contributed by atoms with Gasteiger partial charge in [-0.05, 0) is 34.0 Å². The van der Waals surface area contributed by atoms with Crippen molar-refractivity contribution in [3.63, 3.8) is 0 Å². The van der Waals surface area contributed by atoms with Gasteiger partial charge in [-0.1, -0.05) is 0 Å². The van der Waals surface area contributed by atoms with Gasteiger partial charge in [0.25, 0.3) is 0 Å². The number of rotatable bonds is 2. The van der Waals surface area contributed by atoms with Crippen molar-refractivity contribution in [1.82, 2.24) is 9.97 Å². The molecule has 0 aromatic carbocycles. The first-order valence-electron chi connectivity index (χ1n) is 4.80. The molecule has 7 heteroatoms. The summed E-state index contributed by atoms with van der Waals surface area (Å²) in [6.45, 7) is 1.33. The highest BCUT2D eigenvalue weighted by Crippen LogP contribution is 2.28. The average molecular weight is 306 g/mol. The number of primary amides is 1. The summed E-state index contributed by atoms with van der Waals surface area (Å²) < 4.78 is 0.766. The number of anilines is 1. The van der Waals surface area contributed by atoms with E-state index in [9.17, 15) is 4.79 Å². The summed E-state index contributed by atoms with van der Waals surface area (Å²) in [4.78, 5) is 21.0. The number of carbonyl (C=O) groups excluding carboxylic acids is 1. The summed E-state index contributed by atoms with van der Waals surface area (Å²) in [7, 11) is 0. The molecule has 2 rings (SSSR count). The maximum absolute atomic E-state index is 11.1. The van der Waals surface area contributed by atoms with E-state index in [-0.39, 0.29) is 17.1 Å². The van der Waals surface area contributed by atoms with Crippen LogP contribution in [0.3, 0.4) is 0 Å². The van der Waals surface area contributed by atoms with Gasteiger partial charge in [0.05, 0.1) is 10.4 Å². The van der Waals surface area contributed by atoms with Gasteiger partial charge in [0.2, 0.25) is 11.2 Å². The summed E-state index contributed by atoms with van der Waals surface area (Å²) in [5, 5.41) is 0.195. The molecule has 1 unspecified atom stereocenters. The van der Waals surface area contributed by atoms with Crippen LogP contribution in [0.15, 0.2) is 10.7 Å². The van der Waals surface area contributed by atoms with Crippen molar-refractivity contribution >= 4 is 39.3 Å². The summed E-state index contributed by atoms with van der Waals surface area (Å²) in [6.07, 6.45) is 2.35. The van der Waals surface area contributed by atoms with Crippen molar-refractivity contribution in [1.29, 1.82) is 0 Å². The van der Waals surface area contributed by atoms with Gasteiger partial charge in [-0.25, -0.2) is 4.98 Å². The first-order chi connectivity index (χ1) is 7.58. The minimum atomic E-state index is -0.265. The van der Waals surface area contributed by atoms with Crippen LogP contribution < -0.4 is 10.6 Å². The molecule has 0 bridgehead atoms. The Morgan fingerprint density at radius 1 is 1.69 bits per heavy atom. The molecule has 0 spiro atoms. The van der Waals surface area contributed by atoms with E-state index in [0.29, 0.717) is 12.4 Å². The zero-order chi connectivity index (χ0) is 11.7. The van der Waals surface area contributed by atoms with Crippen LogP contribution in [0.5, 0.6) is 0 Å². The molecule has 0 saturated carbocycles. The molecule has 16 heavy (non-hydrogen) atoms. The molecule has 2 N–H and O–H groups in total. The minimum Gasteiger partial charge on any atom is -0.369 e. The second-order valence-electron chi connectivity index (χ2n) is 3.64. The predicted octanol–water partition coefficient (Wildman–Crippen LogP) is 1.20. The van der Waals surface area contributed by atoms with Crippen molar-refractivity contribution in [3.05, 3.63) is 16.0 Å². The lowest BCUT2D eigenvalue weighted by Gasteiger charge is -2.18. The Labute approximate surface area is 106 Å². The molecule has 1 aromatic rings. The van der Waals surface area contributed by atoms with Crippen LogP contribution in [0.4, 0.5) is 5.82 Å². The lowest BCUT2D eigenvalue weighted by molar-refractivity contribution is -0.121. The zero-order valence-corrected chi connectivity index (χ0v) is 10.7. The third-order valence-corrected chi connectivity index (χ3v) is 3.33. The Kier molecular flexibility index (Phi) is 3.30. The molecule has 1 saturated heterocycles. The summed E-state index contributed by atoms with van der Waals surface area (Å²) in [5.74, 6) is 0.336. The molecule has 1 amide bonds. The molecule has 1 fully saturated rings. The zero-order valence-electron chi connectivity index (χ0n) is 8.36.